The molecule has 1 aromatic rings. The van der Waals surface area contributed by atoms with Crippen molar-refractivity contribution in [1.82, 2.24) is 0 Å². The average molecular weight is 207 g/mol. The highest BCUT2D eigenvalue weighted by atomic mass is 16.5. The maximum Gasteiger partial charge on any atom is 0.411 e. The largest absolute Gasteiger partial charge is 0.450 e. The van der Waals surface area contributed by atoms with Gasteiger partial charge in [-0.2, -0.15) is 0 Å². The standard InChI is InChI=1S/C12H17NO2/c1-4-15-12(14)13-11-8-6-5-7-10(11)9(2)3/h5-9H,4H2,1-3H3,(H,13,14). The lowest BCUT2D eigenvalue weighted by molar-refractivity contribution is 0.168. The van der Waals surface area contributed by atoms with E-state index in [1.54, 1.807) is 6.92 Å². The molecule has 15 heavy (non-hydrogen) atoms. The number of carbonyl (C=O) groups excluding carboxylic acids is 1. The van der Waals surface area contributed by atoms with Crippen LogP contribution in [0.4, 0.5) is 10.5 Å². The van der Waals surface area contributed by atoms with Crippen molar-refractivity contribution in [3.8, 4) is 0 Å². The Morgan fingerprint density at radius 2 is 2.07 bits per heavy atom. The normalized spacial score (nSPS) is 10.1. The van der Waals surface area contributed by atoms with Crippen molar-refractivity contribution in [3.05, 3.63) is 29.8 Å². The molecule has 3 heteroatoms. The number of hydrogen-bond acceptors (Lipinski definition) is 2. The van der Waals surface area contributed by atoms with Gasteiger partial charge >= 0.3 is 6.09 Å². The summed E-state index contributed by atoms with van der Waals surface area (Å²) >= 11 is 0. The minimum atomic E-state index is -0.398. The molecule has 82 valence electrons. The van der Waals surface area contributed by atoms with Crippen LogP contribution in [0.2, 0.25) is 0 Å². The Kier molecular flexibility index (Phi) is 4.16. The van der Waals surface area contributed by atoms with Gasteiger partial charge in [-0.25, -0.2) is 4.79 Å². The molecule has 1 rings (SSSR count). The van der Waals surface area contributed by atoms with Gasteiger partial charge in [0.15, 0.2) is 0 Å². The molecule has 3 nitrogen and oxygen atoms in total. The lowest BCUT2D eigenvalue weighted by Crippen LogP contribution is -2.14. The Morgan fingerprint density at radius 1 is 1.40 bits per heavy atom. The van der Waals surface area contributed by atoms with Gasteiger partial charge in [-0.1, -0.05) is 32.0 Å². The van der Waals surface area contributed by atoms with E-state index in [4.69, 9.17) is 4.74 Å². The number of benzene rings is 1. The van der Waals surface area contributed by atoms with Gasteiger partial charge < -0.3 is 4.74 Å². The Bertz CT molecular complexity index is 334. The van der Waals surface area contributed by atoms with Crippen molar-refractivity contribution in [2.75, 3.05) is 11.9 Å². The highest BCUT2D eigenvalue weighted by Gasteiger charge is 2.08. The Labute approximate surface area is 90.4 Å². The third kappa shape index (κ3) is 3.27. The second kappa shape index (κ2) is 5.39. The summed E-state index contributed by atoms with van der Waals surface area (Å²) < 4.78 is 4.83. The van der Waals surface area contributed by atoms with Gasteiger partial charge in [0.1, 0.15) is 0 Å². The van der Waals surface area contributed by atoms with Crippen molar-refractivity contribution in [3.63, 3.8) is 0 Å². The van der Waals surface area contributed by atoms with E-state index in [0.29, 0.717) is 12.5 Å². The van der Waals surface area contributed by atoms with Crippen molar-refractivity contribution >= 4 is 11.8 Å². The number of hydrogen-bond donors (Lipinski definition) is 1. The molecular weight excluding hydrogens is 190 g/mol. The minimum Gasteiger partial charge on any atom is -0.450 e. The number of amides is 1. The lowest BCUT2D eigenvalue weighted by Gasteiger charge is -2.13. The molecule has 1 N–H and O–H groups in total. The molecule has 0 aliphatic carbocycles. The first kappa shape index (κ1) is 11.6. The molecule has 1 amide bonds. The Hall–Kier alpha value is -1.51. The second-order valence-corrected chi connectivity index (χ2v) is 3.59. The van der Waals surface area contributed by atoms with Crippen LogP contribution >= 0.6 is 0 Å². The first-order valence-corrected chi connectivity index (χ1v) is 5.17. The van der Waals surface area contributed by atoms with Crippen molar-refractivity contribution < 1.29 is 9.53 Å². The number of anilines is 1. The van der Waals surface area contributed by atoms with Crippen LogP contribution in [0.1, 0.15) is 32.3 Å². The third-order valence-corrected chi connectivity index (χ3v) is 2.09. The summed E-state index contributed by atoms with van der Waals surface area (Å²) in [7, 11) is 0. The zero-order valence-corrected chi connectivity index (χ0v) is 9.41. The Balaban J connectivity index is 2.80. The third-order valence-electron chi connectivity index (χ3n) is 2.09. The molecule has 0 unspecified atom stereocenters. The van der Waals surface area contributed by atoms with Crippen LogP contribution in [0.3, 0.4) is 0 Å². The first-order valence-electron chi connectivity index (χ1n) is 5.17. The van der Waals surface area contributed by atoms with Gasteiger partial charge in [-0.15, -0.1) is 0 Å². The summed E-state index contributed by atoms with van der Waals surface area (Å²) in [4.78, 5) is 11.3. The molecule has 0 saturated heterocycles. The van der Waals surface area contributed by atoms with Gasteiger partial charge in [-0.05, 0) is 24.5 Å². The molecule has 0 aliphatic heterocycles. The van der Waals surface area contributed by atoms with Crippen molar-refractivity contribution in [1.29, 1.82) is 0 Å². The maximum absolute atomic E-state index is 11.3. The highest BCUT2D eigenvalue weighted by molar-refractivity contribution is 5.85. The van der Waals surface area contributed by atoms with Crippen molar-refractivity contribution in [2.45, 2.75) is 26.7 Å². The Morgan fingerprint density at radius 3 is 2.67 bits per heavy atom. The average Bonchev–Trinajstić information content (AvgIpc) is 2.18. The smallest absolute Gasteiger partial charge is 0.411 e. The molecule has 0 bridgehead atoms. The summed E-state index contributed by atoms with van der Waals surface area (Å²) in [5.41, 5.74) is 1.94. The molecule has 0 atom stereocenters. The van der Waals surface area contributed by atoms with Gasteiger partial charge in [0.2, 0.25) is 0 Å². The monoisotopic (exact) mass is 207 g/mol. The molecule has 1 aromatic carbocycles. The van der Waals surface area contributed by atoms with Gasteiger partial charge in [-0.3, -0.25) is 5.32 Å². The number of carbonyl (C=O) groups is 1. The first-order chi connectivity index (χ1) is 7.15. The maximum atomic E-state index is 11.3. The van der Waals surface area contributed by atoms with Crippen LogP contribution in [0.15, 0.2) is 24.3 Å². The predicted octanol–water partition coefficient (Wildman–Crippen LogP) is 3.38. The van der Waals surface area contributed by atoms with E-state index in [9.17, 15) is 4.79 Å². The SMILES string of the molecule is CCOC(=O)Nc1ccccc1C(C)C. The van der Waals surface area contributed by atoms with E-state index in [1.165, 1.54) is 0 Å². The molecule has 0 radical (unpaired) electrons. The molecule has 0 spiro atoms. The van der Waals surface area contributed by atoms with Crippen LogP contribution in [-0.4, -0.2) is 12.7 Å². The second-order valence-electron chi connectivity index (χ2n) is 3.59. The van der Waals surface area contributed by atoms with Gasteiger partial charge in [0, 0.05) is 5.69 Å². The van der Waals surface area contributed by atoms with Crippen LogP contribution in [0.5, 0.6) is 0 Å². The fourth-order valence-electron chi connectivity index (χ4n) is 1.39. The quantitative estimate of drug-likeness (QED) is 0.825. The van der Waals surface area contributed by atoms with E-state index in [-0.39, 0.29) is 0 Å². The van der Waals surface area contributed by atoms with E-state index in [1.807, 2.05) is 24.3 Å². The van der Waals surface area contributed by atoms with Crippen LogP contribution in [0.25, 0.3) is 0 Å². The molecule has 0 fully saturated rings. The summed E-state index contributed by atoms with van der Waals surface area (Å²) in [6.45, 7) is 6.35. The van der Waals surface area contributed by atoms with Crippen LogP contribution in [-0.2, 0) is 4.74 Å². The molecule has 0 aromatic heterocycles. The van der Waals surface area contributed by atoms with Crippen LogP contribution in [0, 0.1) is 0 Å². The molecule has 0 heterocycles. The summed E-state index contributed by atoms with van der Waals surface area (Å²) in [5.74, 6) is 0.378. The van der Waals surface area contributed by atoms with E-state index < -0.39 is 6.09 Å². The molecule has 0 saturated carbocycles. The zero-order chi connectivity index (χ0) is 11.3. The topological polar surface area (TPSA) is 38.3 Å². The summed E-state index contributed by atoms with van der Waals surface area (Å²) in [6.07, 6.45) is -0.398. The van der Waals surface area contributed by atoms with E-state index in [2.05, 4.69) is 19.2 Å². The fourth-order valence-corrected chi connectivity index (χ4v) is 1.39. The van der Waals surface area contributed by atoms with Crippen molar-refractivity contribution in [2.24, 2.45) is 0 Å². The predicted molar refractivity (Wildman–Crippen MR) is 61.2 cm³/mol. The fraction of sp³-hybridized carbons (Fsp3) is 0.417. The lowest BCUT2D eigenvalue weighted by atomic mass is 10.0. The van der Waals surface area contributed by atoms with Gasteiger partial charge in [0.25, 0.3) is 0 Å². The van der Waals surface area contributed by atoms with E-state index >= 15 is 0 Å². The summed E-state index contributed by atoms with van der Waals surface area (Å²) in [6, 6.07) is 7.75. The molecule has 0 aliphatic rings. The minimum absolute atomic E-state index is 0.378. The molecular formula is C12H17NO2. The highest BCUT2D eigenvalue weighted by Crippen LogP contribution is 2.23. The summed E-state index contributed by atoms with van der Waals surface area (Å²) in [5, 5.41) is 2.73. The van der Waals surface area contributed by atoms with Crippen LogP contribution < -0.4 is 5.32 Å². The van der Waals surface area contributed by atoms with Gasteiger partial charge in [0.05, 0.1) is 6.61 Å². The number of rotatable bonds is 3. The number of nitrogens with one attached hydrogen (secondary N) is 1. The number of ether oxygens (including phenoxy) is 1. The zero-order valence-electron chi connectivity index (χ0n) is 9.41. The number of para-hydroxylation sites is 1. The van der Waals surface area contributed by atoms with E-state index in [0.717, 1.165) is 11.3 Å².